The average molecular weight is 355 g/mol. The van der Waals surface area contributed by atoms with Crippen molar-refractivity contribution in [3.05, 3.63) is 30.3 Å². The van der Waals surface area contributed by atoms with E-state index < -0.39 is 33.0 Å². The lowest BCUT2D eigenvalue weighted by atomic mass is 10.1. The van der Waals surface area contributed by atoms with Crippen molar-refractivity contribution < 1.29 is 22.7 Å². The first-order valence-electron chi connectivity index (χ1n) is 7.47. The van der Waals surface area contributed by atoms with Crippen molar-refractivity contribution >= 4 is 22.0 Å². The molecule has 0 radical (unpaired) electrons. The zero-order valence-electron chi connectivity index (χ0n) is 13.8. The summed E-state index contributed by atoms with van der Waals surface area (Å²) in [5.41, 5.74) is 0.446. The van der Waals surface area contributed by atoms with Gasteiger partial charge in [0.05, 0.1) is 11.5 Å². The lowest BCUT2D eigenvalue weighted by Crippen LogP contribution is -2.55. The molecule has 24 heavy (non-hydrogen) atoms. The van der Waals surface area contributed by atoms with Crippen molar-refractivity contribution in [3.8, 4) is 0 Å². The number of amides is 2. The van der Waals surface area contributed by atoms with E-state index in [-0.39, 0.29) is 11.5 Å². The van der Waals surface area contributed by atoms with Crippen LogP contribution in [0.2, 0.25) is 0 Å². The number of ether oxygens (including phenoxy) is 1. The van der Waals surface area contributed by atoms with Gasteiger partial charge in [-0.15, -0.1) is 4.83 Å². The number of rotatable bonds is 6. The third-order valence-corrected chi connectivity index (χ3v) is 5.30. The number of hydrazine groups is 1. The summed E-state index contributed by atoms with van der Waals surface area (Å²) in [5, 5.41) is 2.51. The smallest absolute Gasteiger partial charge is 0.332 e. The summed E-state index contributed by atoms with van der Waals surface area (Å²) in [6, 6.07) is 6.78. The molecular formula is C15H21N3O5S. The molecule has 0 aromatic heterocycles. The third kappa shape index (κ3) is 3.51. The van der Waals surface area contributed by atoms with Crippen LogP contribution in [-0.4, -0.2) is 32.6 Å². The molecule has 0 spiro atoms. The molecule has 8 nitrogen and oxygen atoms in total. The van der Waals surface area contributed by atoms with Crippen molar-refractivity contribution in [2.45, 2.75) is 37.6 Å². The van der Waals surface area contributed by atoms with Gasteiger partial charge in [0.25, 0.3) is 10.0 Å². The molecule has 0 saturated heterocycles. The number of carbonyl (C=O) groups is 2. The Kier molecular flexibility index (Phi) is 4.86. The molecular weight excluding hydrogens is 334 g/mol. The molecule has 1 aromatic rings. The molecule has 1 fully saturated rings. The number of hydrogen-bond donors (Lipinski definition) is 3. The number of carbonyl (C=O) groups excluding carboxylic acids is 2. The largest absolute Gasteiger partial charge is 0.464 e. The zero-order chi connectivity index (χ0) is 18.0. The van der Waals surface area contributed by atoms with Gasteiger partial charge in [-0.2, -0.15) is 0 Å². The van der Waals surface area contributed by atoms with Crippen molar-refractivity contribution in [2.24, 2.45) is 5.41 Å². The van der Waals surface area contributed by atoms with Gasteiger partial charge in [0, 0.05) is 5.41 Å². The fraction of sp³-hybridized carbons (Fsp3) is 0.467. The molecule has 1 aliphatic rings. The highest BCUT2D eigenvalue weighted by Gasteiger charge is 2.68. The topological polar surface area (TPSA) is 114 Å². The van der Waals surface area contributed by atoms with Gasteiger partial charge in [-0.05, 0) is 25.5 Å². The zero-order valence-corrected chi connectivity index (χ0v) is 14.6. The van der Waals surface area contributed by atoms with E-state index in [9.17, 15) is 18.0 Å². The molecule has 9 heteroatoms. The second kappa shape index (κ2) is 6.40. The van der Waals surface area contributed by atoms with Crippen molar-refractivity contribution in [1.82, 2.24) is 15.6 Å². The quantitative estimate of drug-likeness (QED) is 0.518. The molecule has 1 saturated carbocycles. The molecule has 1 aromatic carbocycles. The molecule has 0 heterocycles. The summed E-state index contributed by atoms with van der Waals surface area (Å²) in [5.74, 6) is -0.531. The van der Waals surface area contributed by atoms with E-state index in [0.29, 0.717) is 6.42 Å². The van der Waals surface area contributed by atoms with Crippen molar-refractivity contribution in [2.75, 3.05) is 6.61 Å². The molecule has 1 atom stereocenters. The highest BCUT2D eigenvalue weighted by Crippen LogP contribution is 2.56. The van der Waals surface area contributed by atoms with E-state index in [2.05, 4.69) is 10.7 Å². The van der Waals surface area contributed by atoms with E-state index in [1.807, 2.05) is 18.7 Å². The monoisotopic (exact) mass is 355 g/mol. The molecule has 2 rings (SSSR count). The fourth-order valence-electron chi connectivity index (χ4n) is 2.48. The molecule has 2 amide bonds. The van der Waals surface area contributed by atoms with Gasteiger partial charge in [0.2, 0.25) is 0 Å². The second-order valence-corrected chi connectivity index (χ2v) is 7.87. The Balaban J connectivity index is 2.00. The summed E-state index contributed by atoms with van der Waals surface area (Å²) in [7, 11) is -3.89. The number of benzene rings is 1. The number of sulfonamides is 1. The average Bonchev–Trinajstić information content (AvgIpc) is 3.09. The van der Waals surface area contributed by atoms with Crippen LogP contribution in [0.1, 0.15) is 27.2 Å². The summed E-state index contributed by atoms with van der Waals surface area (Å²) in [6.07, 6.45) is 0.414. The van der Waals surface area contributed by atoms with Gasteiger partial charge >= 0.3 is 12.0 Å². The highest BCUT2D eigenvalue weighted by molar-refractivity contribution is 7.89. The van der Waals surface area contributed by atoms with Crippen LogP contribution in [0.3, 0.4) is 0 Å². The van der Waals surface area contributed by atoms with Crippen LogP contribution in [0.4, 0.5) is 4.79 Å². The van der Waals surface area contributed by atoms with Crippen LogP contribution in [-0.2, 0) is 19.6 Å². The Morgan fingerprint density at radius 3 is 2.29 bits per heavy atom. The van der Waals surface area contributed by atoms with Crippen LogP contribution in [0.5, 0.6) is 0 Å². The predicted octanol–water partition coefficient (Wildman–Crippen LogP) is 0.911. The maximum absolute atomic E-state index is 12.1. The van der Waals surface area contributed by atoms with Crippen LogP contribution in [0, 0.1) is 5.41 Å². The standard InChI is InChI=1S/C15H21N3O5S/c1-4-23-12(19)15(10-14(15,2)3)16-13(20)17-18-24(21,22)11-8-6-5-7-9-11/h5-9,18H,4,10H2,1-3H3,(H2,16,17,20). The Morgan fingerprint density at radius 1 is 1.21 bits per heavy atom. The van der Waals surface area contributed by atoms with Crippen LogP contribution in [0.25, 0.3) is 0 Å². The van der Waals surface area contributed by atoms with Crippen molar-refractivity contribution in [3.63, 3.8) is 0 Å². The summed E-state index contributed by atoms with van der Waals surface area (Å²) < 4.78 is 29.1. The lowest BCUT2D eigenvalue weighted by Gasteiger charge is -2.20. The summed E-state index contributed by atoms with van der Waals surface area (Å²) in [6.45, 7) is 5.51. The Labute approximate surface area is 141 Å². The Bertz CT molecular complexity index is 733. The van der Waals surface area contributed by atoms with E-state index >= 15 is 0 Å². The van der Waals surface area contributed by atoms with Crippen LogP contribution >= 0.6 is 0 Å². The molecule has 0 aliphatic heterocycles. The van der Waals surface area contributed by atoms with Gasteiger partial charge in [-0.3, -0.25) is 5.43 Å². The minimum absolute atomic E-state index is 0.0113. The highest BCUT2D eigenvalue weighted by atomic mass is 32.2. The SMILES string of the molecule is CCOC(=O)C1(NC(=O)NNS(=O)(=O)c2ccccc2)CC1(C)C. The molecule has 0 bridgehead atoms. The molecule has 1 unspecified atom stereocenters. The first kappa shape index (κ1) is 18.2. The fourth-order valence-corrected chi connectivity index (χ4v) is 3.34. The van der Waals surface area contributed by atoms with Gasteiger partial charge in [-0.1, -0.05) is 32.0 Å². The third-order valence-electron chi connectivity index (χ3n) is 4.04. The normalized spacial score (nSPS) is 21.6. The number of nitrogens with one attached hydrogen (secondary N) is 3. The number of hydrogen-bond acceptors (Lipinski definition) is 5. The van der Waals surface area contributed by atoms with E-state index in [1.54, 1.807) is 25.1 Å². The van der Waals surface area contributed by atoms with Gasteiger partial charge in [0.1, 0.15) is 5.54 Å². The van der Waals surface area contributed by atoms with Crippen LogP contribution in [0.15, 0.2) is 35.2 Å². The first-order valence-corrected chi connectivity index (χ1v) is 8.95. The van der Waals surface area contributed by atoms with E-state index in [1.165, 1.54) is 12.1 Å². The molecule has 132 valence electrons. The Hall–Kier alpha value is -2.13. The van der Waals surface area contributed by atoms with Gasteiger partial charge in [-0.25, -0.2) is 18.0 Å². The maximum atomic E-state index is 12.1. The van der Waals surface area contributed by atoms with Crippen molar-refractivity contribution in [1.29, 1.82) is 0 Å². The lowest BCUT2D eigenvalue weighted by molar-refractivity contribution is -0.147. The van der Waals surface area contributed by atoms with Gasteiger partial charge in [0.15, 0.2) is 0 Å². The minimum Gasteiger partial charge on any atom is -0.464 e. The summed E-state index contributed by atoms with van der Waals surface area (Å²) >= 11 is 0. The molecule has 3 N–H and O–H groups in total. The predicted molar refractivity (Wildman–Crippen MR) is 86.2 cm³/mol. The van der Waals surface area contributed by atoms with E-state index in [4.69, 9.17) is 4.74 Å². The Morgan fingerprint density at radius 2 is 1.79 bits per heavy atom. The minimum atomic E-state index is -3.89. The number of esters is 1. The van der Waals surface area contributed by atoms with Gasteiger partial charge < -0.3 is 10.1 Å². The van der Waals surface area contributed by atoms with Crippen LogP contribution < -0.4 is 15.6 Å². The molecule has 1 aliphatic carbocycles. The number of urea groups is 1. The van der Waals surface area contributed by atoms with E-state index in [0.717, 1.165) is 0 Å². The summed E-state index contributed by atoms with van der Waals surface area (Å²) in [4.78, 5) is 26.1. The first-order chi connectivity index (χ1) is 11.1. The second-order valence-electron chi connectivity index (χ2n) is 6.18. The maximum Gasteiger partial charge on any atom is 0.332 e.